The summed E-state index contributed by atoms with van der Waals surface area (Å²) in [6, 6.07) is 8.66. The summed E-state index contributed by atoms with van der Waals surface area (Å²) in [5.41, 5.74) is 1.61. The molecule has 2 aliphatic rings. The van der Waals surface area contributed by atoms with Gasteiger partial charge in [0.1, 0.15) is 0 Å². The summed E-state index contributed by atoms with van der Waals surface area (Å²) in [6.45, 7) is 9.01. The summed E-state index contributed by atoms with van der Waals surface area (Å²) in [5, 5.41) is 10.1. The third-order valence-electron chi connectivity index (χ3n) is 6.65. The van der Waals surface area contributed by atoms with Crippen molar-refractivity contribution in [1.29, 1.82) is 0 Å². The van der Waals surface area contributed by atoms with Crippen LogP contribution in [0.25, 0.3) is 0 Å². The summed E-state index contributed by atoms with van der Waals surface area (Å²) < 4.78 is 0. The van der Waals surface area contributed by atoms with Crippen LogP contribution in [-0.2, 0) is 13.1 Å². The van der Waals surface area contributed by atoms with Gasteiger partial charge in [0, 0.05) is 54.3 Å². The van der Waals surface area contributed by atoms with Crippen LogP contribution in [0.2, 0.25) is 0 Å². The number of hydrogen-bond acceptors (Lipinski definition) is 5. The molecule has 4 nitrogen and oxygen atoms in total. The van der Waals surface area contributed by atoms with Gasteiger partial charge in [0.15, 0.2) is 0 Å². The Balaban J connectivity index is 1.33. The first kappa shape index (κ1) is 19.1. The summed E-state index contributed by atoms with van der Waals surface area (Å²) in [4.78, 5) is 12.2. The Kier molecular flexibility index (Phi) is 5.93. The zero-order valence-electron chi connectivity index (χ0n) is 16.3. The minimum atomic E-state index is 0.313. The van der Waals surface area contributed by atoms with Crippen molar-refractivity contribution in [3.05, 3.63) is 52.0 Å². The molecule has 27 heavy (non-hydrogen) atoms. The Morgan fingerprint density at radius 3 is 2.52 bits per heavy atom. The van der Waals surface area contributed by atoms with Gasteiger partial charge in [0.2, 0.25) is 0 Å². The van der Waals surface area contributed by atoms with Crippen molar-refractivity contribution in [1.82, 2.24) is 14.8 Å². The van der Waals surface area contributed by atoms with Gasteiger partial charge < -0.3 is 5.11 Å². The third-order valence-corrected chi connectivity index (χ3v) is 7.63. The standard InChI is InChI=1S/C22H31N3OS/c1-18-4-5-21(27-18)16-24-10-6-22(7-11-24)8-12-25(15-20(22)17-26)14-19-3-2-9-23-13-19/h2-5,9,13,20,26H,6-8,10-12,14-17H2,1H3/t20-/m0/s1. The van der Waals surface area contributed by atoms with Crippen LogP contribution in [-0.4, -0.2) is 52.7 Å². The van der Waals surface area contributed by atoms with Crippen molar-refractivity contribution in [2.24, 2.45) is 11.3 Å². The number of aliphatic hydroxyl groups is 1. The van der Waals surface area contributed by atoms with Crippen molar-refractivity contribution in [2.45, 2.75) is 39.3 Å². The topological polar surface area (TPSA) is 39.6 Å². The van der Waals surface area contributed by atoms with Gasteiger partial charge in [-0.25, -0.2) is 0 Å². The molecule has 0 aliphatic carbocycles. The van der Waals surface area contributed by atoms with Crippen LogP contribution in [0, 0.1) is 18.3 Å². The Labute approximate surface area is 166 Å². The zero-order valence-corrected chi connectivity index (χ0v) is 17.1. The molecule has 0 bridgehead atoms. The second-order valence-electron chi connectivity index (χ2n) is 8.38. The van der Waals surface area contributed by atoms with E-state index in [2.05, 4.69) is 39.9 Å². The second-order valence-corrected chi connectivity index (χ2v) is 9.75. The zero-order chi connectivity index (χ0) is 18.7. The number of aliphatic hydroxyl groups excluding tert-OH is 1. The Morgan fingerprint density at radius 1 is 1.11 bits per heavy atom. The van der Waals surface area contributed by atoms with Gasteiger partial charge in [-0.05, 0) is 75.0 Å². The van der Waals surface area contributed by atoms with Gasteiger partial charge in [-0.15, -0.1) is 11.3 Å². The number of rotatable bonds is 5. The normalized spacial score (nSPS) is 23.7. The highest BCUT2D eigenvalue weighted by molar-refractivity contribution is 7.11. The van der Waals surface area contributed by atoms with E-state index in [0.29, 0.717) is 17.9 Å². The monoisotopic (exact) mass is 385 g/mol. The molecule has 2 fully saturated rings. The molecular formula is C22H31N3OS. The van der Waals surface area contributed by atoms with E-state index in [9.17, 15) is 5.11 Å². The van der Waals surface area contributed by atoms with E-state index in [1.807, 2.05) is 29.8 Å². The molecule has 1 spiro atoms. The number of aromatic nitrogens is 1. The third kappa shape index (κ3) is 4.43. The molecule has 0 aromatic carbocycles. The van der Waals surface area contributed by atoms with E-state index in [1.54, 1.807) is 0 Å². The van der Waals surface area contributed by atoms with E-state index >= 15 is 0 Å². The first-order valence-corrected chi connectivity index (χ1v) is 11.0. The van der Waals surface area contributed by atoms with Gasteiger partial charge in [-0.1, -0.05) is 6.07 Å². The molecule has 0 saturated carbocycles. The van der Waals surface area contributed by atoms with Crippen molar-refractivity contribution in [3.8, 4) is 0 Å². The maximum Gasteiger partial charge on any atom is 0.0476 e. The number of hydrogen-bond donors (Lipinski definition) is 1. The van der Waals surface area contributed by atoms with Gasteiger partial charge in [0.05, 0.1) is 0 Å². The lowest BCUT2D eigenvalue weighted by Gasteiger charge is -2.51. The van der Waals surface area contributed by atoms with E-state index in [0.717, 1.165) is 39.3 Å². The number of thiophene rings is 1. The quantitative estimate of drug-likeness (QED) is 0.854. The number of pyridine rings is 1. The molecule has 2 aliphatic heterocycles. The fraction of sp³-hybridized carbons (Fsp3) is 0.591. The van der Waals surface area contributed by atoms with Crippen LogP contribution in [0.4, 0.5) is 0 Å². The largest absolute Gasteiger partial charge is 0.396 e. The van der Waals surface area contributed by atoms with Crippen LogP contribution in [0.3, 0.4) is 0 Å². The lowest BCUT2D eigenvalue weighted by atomic mass is 9.64. The Morgan fingerprint density at radius 2 is 1.89 bits per heavy atom. The molecular weight excluding hydrogens is 354 g/mol. The summed E-state index contributed by atoms with van der Waals surface area (Å²) in [7, 11) is 0. The average molecular weight is 386 g/mol. The Hall–Kier alpha value is -1.27. The molecule has 0 radical (unpaired) electrons. The number of aryl methyl sites for hydroxylation is 1. The van der Waals surface area contributed by atoms with E-state index in [1.165, 1.54) is 34.6 Å². The van der Waals surface area contributed by atoms with Crippen molar-refractivity contribution in [2.75, 3.05) is 32.8 Å². The van der Waals surface area contributed by atoms with E-state index in [4.69, 9.17) is 0 Å². The molecule has 5 heteroatoms. The minimum absolute atomic E-state index is 0.313. The number of likely N-dealkylation sites (tertiary alicyclic amines) is 2. The second kappa shape index (κ2) is 8.39. The highest BCUT2D eigenvalue weighted by atomic mass is 32.1. The molecule has 1 N–H and O–H groups in total. The highest BCUT2D eigenvalue weighted by Gasteiger charge is 2.44. The fourth-order valence-electron chi connectivity index (χ4n) is 4.93. The van der Waals surface area contributed by atoms with Gasteiger partial charge in [-0.3, -0.25) is 14.8 Å². The number of piperidine rings is 2. The maximum absolute atomic E-state index is 10.1. The molecule has 1 atom stereocenters. The van der Waals surface area contributed by atoms with Gasteiger partial charge in [0.25, 0.3) is 0 Å². The van der Waals surface area contributed by atoms with Crippen molar-refractivity contribution >= 4 is 11.3 Å². The first-order chi connectivity index (χ1) is 13.2. The SMILES string of the molecule is Cc1ccc(CN2CCC3(CC2)CCN(Cc2cccnc2)C[C@H]3CO)s1. The van der Waals surface area contributed by atoms with Crippen molar-refractivity contribution in [3.63, 3.8) is 0 Å². The molecule has 2 saturated heterocycles. The predicted molar refractivity (Wildman–Crippen MR) is 111 cm³/mol. The molecule has 4 heterocycles. The van der Waals surface area contributed by atoms with Gasteiger partial charge >= 0.3 is 0 Å². The van der Waals surface area contributed by atoms with E-state index < -0.39 is 0 Å². The molecule has 0 unspecified atom stereocenters. The Bertz CT molecular complexity index is 724. The molecule has 4 rings (SSSR count). The van der Waals surface area contributed by atoms with Crippen LogP contribution < -0.4 is 0 Å². The fourth-order valence-corrected chi connectivity index (χ4v) is 5.86. The van der Waals surface area contributed by atoms with Crippen LogP contribution in [0.15, 0.2) is 36.7 Å². The summed E-state index contributed by atoms with van der Waals surface area (Å²) >= 11 is 1.92. The summed E-state index contributed by atoms with van der Waals surface area (Å²) in [6.07, 6.45) is 7.46. The molecule has 146 valence electrons. The van der Waals surface area contributed by atoms with Crippen LogP contribution >= 0.6 is 11.3 Å². The van der Waals surface area contributed by atoms with Crippen molar-refractivity contribution < 1.29 is 5.11 Å². The van der Waals surface area contributed by atoms with Crippen LogP contribution in [0.1, 0.15) is 34.6 Å². The van der Waals surface area contributed by atoms with Gasteiger partial charge in [-0.2, -0.15) is 0 Å². The maximum atomic E-state index is 10.1. The van der Waals surface area contributed by atoms with E-state index in [-0.39, 0.29) is 0 Å². The lowest BCUT2D eigenvalue weighted by molar-refractivity contribution is -0.0448. The van der Waals surface area contributed by atoms with Crippen LogP contribution in [0.5, 0.6) is 0 Å². The molecule has 2 aromatic rings. The summed E-state index contributed by atoms with van der Waals surface area (Å²) in [5.74, 6) is 0.397. The molecule has 2 aromatic heterocycles. The lowest BCUT2D eigenvalue weighted by Crippen LogP contribution is -2.53. The smallest absolute Gasteiger partial charge is 0.0476 e. The average Bonchev–Trinajstić information content (AvgIpc) is 3.11. The predicted octanol–water partition coefficient (Wildman–Crippen LogP) is 3.55. The first-order valence-electron chi connectivity index (χ1n) is 10.2. The minimum Gasteiger partial charge on any atom is -0.396 e. The highest BCUT2D eigenvalue weighted by Crippen LogP contribution is 2.45. The number of nitrogens with zero attached hydrogens (tertiary/aromatic N) is 3. The molecule has 0 amide bonds.